The summed E-state index contributed by atoms with van der Waals surface area (Å²) in [6.45, 7) is 1.43. The van der Waals surface area contributed by atoms with E-state index in [1.54, 1.807) is 0 Å². The van der Waals surface area contributed by atoms with Gasteiger partial charge in [0.1, 0.15) is 6.04 Å². The van der Waals surface area contributed by atoms with E-state index in [4.69, 9.17) is 10.2 Å². The molecule has 0 saturated heterocycles. The van der Waals surface area contributed by atoms with Crippen LogP contribution in [0.25, 0.3) is 0 Å². The molecule has 0 aromatic carbocycles. The number of aliphatic hydroxyl groups excluding tert-OH is 1. The lowest BCUT2D eigenvalue weighted by Crippen LogP contribution is -2.42. The van der Waals surface area contributed by atoms with Crippen LogP contribution >= 0.6 is 0 Å². The SMILES string of the molecule is CNC(C(=O)O)[C@H](C)O. The Kier molecular flexibility index (Phi) is 3.19. The van der Waals surface area contributed by atoms with Crippen LogP contribution in [0.15, 0.2) is 0 Å². The highest BCUT2D eigenvalue weighted by Crippen LogP contribution is 1.89. The molecule has 0 fully saturated rings. The first kappa shape index (κ1) is 8.39. The van der Waals surface area contributed by atoms with Gasteiger partial charge in [0.2, 0.25) is 0 Å². The van der Waals surface area contributed by atoms with E-state index in [1.807, 2.05) is 0 Å². The predicted molar refractivity (Wildman–Crippen MR) is 32.2 cm³/mol. The number of carboxylic acids is 1. The first-order chi connectivity index (χ1) is 4.09. The maximum absolute atomic E-state index is 10.1. The fraction of sp³-hybridized carbons (Fsp3) is 0.800. The Morgan fingerprint density at radius 3 is 2.11 bits per heavy atom. The number of aliphatic carboxylic acids is 1. The fourth-order valence-electron chi connectivity index (χ4n) is 0.571. The Labute approximate surface area is 53.5 Å². The zero-order valence-corrected chi connectivity index (χ0v) is 5.46. The van der Waals surface area contributed by atoms with Crippen LogP contribution in [0, 0.1) is 0 Å². The molecule has 0 saturated carbocycles. The second-order valence-electron chi connectivity index (χ2n) is 1.85. The molecule has 4 nitrogen and oxygen atoms in total. The number of likely N-dealkylation sites (N-methyl/N-ethyl adjacent to an activating group) is 1. The van der Waals surface area contributed by atoms with Gasteiger partial charge in [-0.3, -0.25) is 4.79 Å². The zero-order valence-electron chi connectivity index (χ0n) is 5.46. The molecule has 3 N–H and O–H groups in total. The van der Waals surface area contributed by atoms with Gasteiger partial charge in [-0.15, -0.1) is 0 Å². The van der Waals surface area contributed by atoms with E-state index in [9.17, 15) is 4.79 Å². The van der Waals surface area contributed by atoms with E-state index in [0.29, 0.717) is 0 Å². The van der Waals surface area contributed by atoms with E-state index in [-0.39, 0.29) is 0 Å². The van der Waals surface area contributed by atoms with Crippen LogP contribution in [-0.4, -0.2) is 35.4 Å². The van der Waals surface area contributed by atoms with Crippen molar-refractivity contribution in [3.63, 3.8) is 0 Å². The molecule has 0 bridgehead atoms. The second-order valence-corrected chi connectivity index (χ2v) is 1.85. The maximum atomic E-state index is 10.1. The monoisotopic (exact) mass is 133 g/mol. The Hall–Kier alpha value is -0.610. The average molecular weight is 133 g/mol. The summed E-state index contributed by atoms with van der Waals surface area (Å²) in [6.07, 6.45) is -0.854. The third-order valence-corrected chi connectivity index (χ3v) is 1.06. The molecule has 54 valence electrons. The third-order valence-electron chi connectivity index (χ3n) is 1.06. The van der Waals surface area contributed by atoms with Gasteiger partial charge in [0.15, 0.2) is 0 Å². The Morgan fingerprint density at radius 2 is 2.11 bits per heavy atom. The van der Waals surface area contributed by atoms with Crippen LogP contribution in [-0.2, 0) is 4.79 Å². The van der Waals surface area contributed by atoms with Crippen molar-refractivity contribution in [3.8, 4) is 0 Å². The van der Waals surface area contributed by atoms with Crippen LogP contribution < -0.4 is 5.32 Å². The fourth-order valence-corrected chi connectivity index (χ4v) is 0.571. The van der Waals surface area contributed by atoms with Crippen molar-refractivity contribution in [2.75, 3.05) is 7.05 Å². The molecule has 0 heterocycles. The lowest BCUT2D eigenvalue weighted by molar-refractivity contribution is -0.141. The van der Waals surface area contributed by atoms with Crippen molar-refractivity contribution >= 4 is 5.97 Å². The molecule has 0 amide bonds. The van der Waals surface area contributed by atoms with E-state index in [2.05, 4.69) is 5.32 Å². The van der Waals surface area contributed by atoms with Gasteiger partial charge in [-0.2, -0.15) is 0 Å². The van der Waals surface area contributed by atoms with Crippen molar-refractivity contribution in [3.05, 3.63) is 0 Å². The van der Waals surface area contributed by atoms with Gasteiger partial charge in [-0.05, 0) is 14.0 Å². The van der Waals surface area contributed by atoms with Crippen molar-refractivity contribution < 1.29 is 15.0 Å². The summed E-state index contributed by atoms with van der Waals surface area (Å²) in [4.78, 5) is 10.1. The van der Waals surface area contributed by atoms with Gasteiger partial charge in [0, 0.05) is 0 Å². The van der Waals surface area contributed by atoms with Gasteiger partial charge in [0.25, 0.3) is 0 Å². The standard InChI is InChI=1S/C5H11NO3/c1-3(7)4(6-2)5(8)9/h3-4,6-7H,1-2H3,(H,8,9)/t3-,4?/m0/s1. The van der Waals surface area contributed by atoms with Crippen molar-refractivity contribution in [1.29, 1.82) is 0 Å². The molecular formula is C5H11NO3. The normalized spacial score (nSPS) is 16.8. The van der Waals surface area contributed by atoms with Crippen LogP contribution in [0.2, 0.25) is 0 Å². The predicted octanol–water partition coefficient (Wildman–Crippen LogP) is -0.960. The van der Waals surface area contributed by atoms with Crippen LogP contribution in [0.1, 0.15) is 6.92 Å². The first-order valence-corrected chi connectivity index (χ1v) is 2.67. The number of hydrogen-bond donors (Lipinski definition) is 3. The molecule has 0 rings (SSSR count). The number of nitrogens with one attached hydrogen (secondary N) is 1. The summed E-state index contributed by atoms with van der Waals surface area (Å²) < 4.78 is 0. The molecule has 4 heteroatoms. The maximum Gasteiger partial charge on any atom is 0.323 e. The molecular weight excluding hydrogens is 122 g/mol. The van der Waals surface area contributed by atoms with E-state index in [0.717, 1.165) is 0 Å². The highest BCUT2D eigenvalue weighted by molar-refractivity contribution is 5.74. The Balaban J connectivity index is 3.83. The number of rotatable bonds is 3. The van der Waals surface area contributed by atoms with Crippen molar-refractivity contribution in [2.45, 2.75) is 19.1 Å². The summed E-state index contributed by atoms with van der Waals surface area (Å²) in [5.41, 5.74) is 0. The van der Waals surface area contributed by atoms with Crippen LogP contribution in [0.5, 0.6) is 0 Å². The summed E-state index contributed by atoms with van der Waals surface area (Å²) in [7, 11) is 1.49. The molecule has 9 heavy (non-hydrogen) atoms. The summed E-state index contributed by atoms with van der Waals surface area (Å²) >= 11 is 0. The Morgan fingerprint density at radius 1 is 1.67 bits per heavy atom. The molecule has 0 aromatic rings. The summed E-state index contributed by atoms with van der Waals surface area (Å²) in [5, 5.41) is 19.5. The summed E-state index contributed by atoms with van der Waals surface area (Å²) in [6, 6.07) is -0.856. The lowest BCUT2D eigenvalue weighted by atomic mass is 10.2. The second kappa shape index (κ2) is 3.42. The quantitative estimate of drug-likeness (QED) is 0.463. The van der Waals surface area contributed by atoms with Crippen molar-refractivity contribution in [1.82, 2.24) is 5.32 Å². The molecule has 1 unspecified atom stereocenters. The highest BCUT2D eigenvalue weighted by atomic mass is 16.4. The van der Waals surface area contributed by atoms with Gasteiger partial charge in [0.05, 0.1) is 6.10 Å². The summed E-state index contributed by atoms with van der Waals surface area (Å²) in [5.74, 6) is -1.03. The van der Waals surface area contributed by atoms with E-state index >= 15 is 0 Å². The number of carbonyl (C=O) groups is 1. The van der Waals surface area contributed by atoms with E-state index in [1.165, 1.54) is 14.0 Å². The van der Waals surface area contributed by atoms with Gasteiger partial charge < -0.3 is 15.5 Å². The average Bonchev–Trinajstić information content (AvgIpc) is 1.64. The molecule has 2 atom stereocenters. The molecule has 0 aliphatic rings. The minimum absolute atomic E-state index is 0.854. The highest BCUT2D eigenvalue weighted by Gasteiger charge is 2.19. The molecule has 0 aromatic heterocycles. The molecule has 0 radical (unpaired) electrons. The lowest BCUT2D eigenvalue weighted by Gasteiger charge is -2.12. The minimum Gasteiger partial charge on any atom is -0.480 e. The van der Waals surface area contributed by atoms with Crippen LogP contribution in [0.4, 0.5) is 0 Å². The van der Waals surface area contributed by atoms with Crippen LogP contribution in [0.3, 0.4) is 0 Å². The number of aliphatic hydroxyl groups is 1. The molecule has 0 spiro atoms. The molecule has 0 aliphatic heterocycles. The number of hydrogen-bond acceptors (Lipinski definition) is 3. The van der Waals surface area contributed by atoms with Crippen molar-refractivity contribution in [2.24, 2.45) is 0 Å². The topological polar surface area (TPSA) is 69.6 Å². The smallest absolute Gasteiger partial charge is 0.323 e. The van der Waals surface area contributed by atoms with Gasteiger partial charge in [-0.1, -0.05) is 0 Å². The minimum atomic E-state index is -1.03. The Bertz CT molecular complexity index is 102. The van der Waals surface area contributed by atoms with E-state index < -0.39 is 18.1 Å². The van der Waals surface area contributed by atoms with Gasteiger partial charge in [-0.25, -0.2) is 0 Å². The van der Waals surface area contributed by atoms with Gasteiger partial charge >= 0.3 is 5.97 Å². The molecule has 0 aliphatic carbocycles. The third kappa shape index (κ3) is 2.43. The first-order valence-electron chi connectivity index (χ1n) is 2.67. The largest absolute Gasteiger partial charge is 0.480 e. The number of carboxylic acid groups (broad SMARTS) is 1. The zero-order chi connectivity index (χ0) is 7.44.